The number of carbonyl (C=O) groups excluding carboxylic acids is 1. The van der Waals surface area contributed by atoms with Crippen molar-refractivity contribution >= 4 is 17.5 Å². The molecule has 0 fully saturated rings. The summed E-state index contributed by atoms with van der Waals surface area (Å²) in [6.07, 6.45) is 0. The molecule has 0 unspecified atom stereocenters. The summed E-state index contributed by atoms with van der Waals surface area (Å²) in [5.74, 6) is 1.10. The van der Waals surface area contributed by atoms with Crippen LogP contribution in [-0.2, 0) is 0 Å². The smallest absolute Gasteiger partial charge is 0.255 e. The van der Waals surface area contributed by atoms with E-state index in [1.54, 1.807) is 25.3 Å². The number of ether oxygens (including phenoxy) is 2. The zero-order valence-corrected chi connectivity index (χ0v) is 15.7. The fourth-order valence-corrected chi connectivity index (χ4v) is 2.81. The van der Waals surface area contributed by atoms with Gasteiger partial charge in [0.25, 0.3) is 5.91 Å². The van der Waals surface area contributed by atoms with Crippen LogP contribution in [0.3, 0.4) is 0 Å². The van der Waals surface area contributed by atoms with Crippen molar-refractivity contribution in [2.24, 2.45) is 0 Å². The molecule has 0 saturated heterocycles. The Bertz CT molecular complexity index is 717. The Morgan fingerprint density at radius 3 is 2.36 bits per heavy atom. The van der Waals surface area contributed by atoms with Gasteiger partial charge in [0, 0.05) is 10.6 Å². The molecule has 0 bridgehead atoms. The summed E-state index contributed by atoms with van der Waals surface area (Å²) in [5, 5.41) is 3.48. The average molecular weight is 364 g/mol. The van der Waals surface area contributed by atoms with Crippen LogP contribution in [0.1, 0.15) is 22.0 Å². The predicted octanol–water partition coefficient (Wildman–Crippen LogP) is 1.97. The Hall–Kier alpha value is -2.24. The Morgan fingerprint density at radius 2 is 1.80 bits per heavy atom. The van der Waals surface area contributed by atoms with E-state index in [0.29, 0.717) is 22.9 Å². The summed E-state index contributed by atoms with van der Waals surface area (Å²) in [5.41, 5.74) is 1.55. The molecular formula is C19H24ClN2O3+. The average Bonchev–Trinajstić information content (AvgIpc) is 2.62. The maximum Gasteiger partial charge on any atom is 0.255 e. The summed E-state index contributed by atoms with van der Waals surface area (Å²) < 4.78 is 10.4. The summed E-state index contributed by atoms with van der Waals surface area (Å²) in [7, 11) is 7.29. The molecule has 0 heterocycles. The van der Waals surface area contributed by atoms with Gasteiger partial charge in [-0.2, -0.15) is 0 Å². The van der Waals surface area contributed by atoms with Crippen molar-refractivity contribution < 1.29 is 19.2 Å². The number of hydrogen-bond donors (Lipinski definition) is 2. The monoisotopic (exact) mass is 363 g/mol. The maximum atomic E-state index is 12.6. The highest BCUT2D eigenvalue weighted by Gasteiger charge is 2.20. The third-order valence-corrected chi connectivity index (χ3v) is 4.32. The summed E-state index contributed by atoms with van der Waals surface area (Å²) in [4.78, 5) is 13.8. The highest BCUT2D eigenvalue weighted by molar-refractivity contribution is 6.31. The molecule has 2 N–H and O–H groups in total. The van der Waals surface area contributed by atoms with Gasteiger partial charge in [-0.05, 0) is 42.5 Å². The Kier molecular flexibility index (Phi) is 6.67. The molecule has 25 heavy (non-hydrogen) atoms. The van der Waals surface area contributed by atoms with E-state index in [-0.39, 0.29) is 11.9 Å². The van der Waals surface area contributed by atoms with Gasteiger partial charge < -0.3 is 19.7 Å². The largest absolute Gasteiger partial charge is 0.497 e. The minimum atomic E-state index is -0.209. The quantitative estimate of drug-likeness (QED) is 0.790. The Balaban J connectivity index is 2.13. The molecule has 1 amide bonds. The first kappa shape index (κ1) is 19.1. The number of rotatable bonds is 7. The van der Waals surface area contributed by atoms with Crippen LogP contribution in [0.2, 0.25) is 5.02 Å². The van der Waals surface area contributed by atoms with Crippen LogP contribution in [-0.4, -0.2) is 40.8 Å². The molecule has 0 radical (unpaired) electrons. The fraction of sp³-hybridized carbons (Fsp3) is 0.316. The predicted molar refractivity (Wildman–Crippen MR) is 98.9 cm³/mol. The second-order valence-corrected chi connectivity index (χ2v) is 6.39. The van der Waals surface area contributed by atoms with E-state index in [1.807, 2.05) is 24.3 Å². The lowest BCUT2D eigenvalue weighted by atomic mass is 10.1. The van der Waals surface area contributed by atoms with Gasteiger partial charge in [0.05, 0.1) is 40.4 Å². The summed E-state index contributed by atoms with van der Waals surface area (Å²) >= 11 is 6.00. The number of quaternary nitrogens is 1. The Morgan fingerprint density at radius 1 is 1.12 bits per heavy atom. The number of likely N-dealkylation sites (N-methyl/N-ethyl adjacent to an activating group) is 1. The van der Waals surface area contributed by atoms with Crippen molar-refractivity contribution in [3.8, 4) is 11.5 Å². The molecule has 0 saturated carbocycles. The summed E-state index contributed by atoms with van der Waals surface area (Å²) in [6.45, 7) is 0.489. The van der Waals surface area contributed by atoms with Crippen molar-refractivity contribution in [1.29, 1.82) is 0 Å². The van der Waals surface area contributed by atoms with Crippen molar-refractivity contribution in [2.75, 3.05) is 34.9 Å². The SMILES string of the molecule is COc1ccc([C@H](CNC(=O)c2cc(Cl)ccc2OC)[NH+](C)C)cc1. The first-order valence-electron chi connectivity index (χ1n) is 8.02. The standard InChI is InChI=1S/C19H23ClN2O3/c1-22(2)17(13-5-8-15(24-3)9-6-13)12-21-19(23)16-11-14(20)7-10-18(16)25-4/h5-11,17H,12H2,1-4H3,(H,21,23)/p+1/t17-/m0/s1. The van der Waals surface area contributed by atoms with E-state index < -0.39 is 0 Å². The van der Waals surface area contributed by atoms with Crippen molar-refractivity contribution in [3.63, 3.8) is 0 Å². The van der Waals surface area contributed by atoms with Crippen molar-refractivity contribution in [1.82, 2.24) is 5.32 Å². The molecule has 2 rings (SSSR count). The molecule has 0 aliphatic carbocycles. The second kappa shape index (κ2) is 8.74. The molecule has 1 atom stereocenters. The first-order valence-corrected chi connectivity index (χ1v) is 8.39. The third kappa shape index (κ3) is 4.87. The van der Waals surface area contributed by atoms with Crippen LogP contribution < -0.4 is 19.7 Å². The number of methoxy groups -OCH3 is 2. The van der Waals surface area contributed by atoms with E-state index in [1.165, 1.54) is 12.0 Å². The topological polar surface area (TPSA) is 52.0 Å². The molecule has 0 aliphatic rings. The highest BCUT2D eigenvalue weighted by Crippen LogP contribution is 2.22. The van der Waals surface area contributed by atoms with Crippen LogP contribution in [0.15, 0.2) is 42.5 Å². The van der Waals surface area contributed by atoms with E-state index >= 15 is 0 Å². The van der Waals surface area contributed by atoms with Crippen molar-refractivity contribution in [3.05, 3.63) is 58.6 Å². The molecule has 5 nitrogen and oxygen atoms in total. The summed E-state index contributed by atoms with van der Waals surface area (Å²) in [6, 6.07) is 13.0. The van der Waals surface area contributed by atoms with E-state index in [9.17, 15) is 4.79 Å². The number of halogens is 1. The van der Waals surface area contributed by atoms with Crippen LogP contribution >= 0.6 is 11.6 Å². The molecule has 134 valence electrons. The lowest BCUT2D eigenvalue weighted by molar-refractivity contribution is -0.890. The van der Waals surface area contributed by atoms with Gasteiger partial charge in [0.15, 0.2) is 0 Å². The van der Waals surface area contributed by atoms with E-state index in [0.717, 1.165) is 11.3 Å². The molecule has 2 aromatic carbocycles. The van der Waals surface area contributed by atoms with Gasteiger partial charge in [-0.25, -0.2) is 0 Å². The first-order chi connectivity index (χ1) is 12.0. The van der Waals surface area contributed by atoms with Crippen LogP contribution in [0.25, 0.3) is 0 Å². The van der Waals surface area contributed by atoms with Gasteiger partial charge in [-0.3, -0.25) is 4.79 Å². The molecule has 6 heteroatoms. The number of carbonyl (C=O) groups is 1. The van der Waals surface area contributed by atoms with Gasteiger partial charge in [0.2, 0.25) is 0 Å². The zero-order chi connectivity index (χ0) is 18.4. The molecule has 2 aromatic rings. The van der Waals surface area contributed by atoms with E-state index in [2.05, 4.69) is 19.4 Å². The number of amides is 1. The molecule has 0 spiro atoms. The number of benzene rings is 2. The lowest BCUT2D eigenvalue weighted by Crippen LogP contribution is -3.07. The minimum absolute atomic E-state index is 0.111. The molecule has 0 aliphatic heterocycles. The van der Waals surface area contributed by atoms with Crippen molar-refractivity contribution in [2.45, 2.75) is 6.04 Å². The third-order valence-electron chi connectivity index (χ3n) is 4.09. The fourth-order valence-electron chi connectivity index (χ4n) is 2.64. The maximum absolute atomic E-state index is 12.6. The van der Waals surface area contributed by atoms with Gasteiger partial charge in [-0.15, -0.1) is 0 Å². The molecular weight excluding hydrogens is 340 g/mol. The normalized spacial score (nSPS) is 11.9. The van der Waals surface area contributed by atoms with Crippen LogP contribution in [0, 0.1) is 0 Å². The number of nitrogens with one attached hydrogen (secondary N) is 2. The number of hydrogen-bond acceptors (Lipinski definition) is 3. The Labute approximate surface area is 153 Å². The van der Waals surface area contributed by atoms with E-state index in [4.69, 9.17) is 21.1 Å². The van der Waals surface area contributed by atoms with Gasteiger partial charge in [0.1, 0.15) is 17.5 Å². The zero-order valence-electron chi connectivity index (χ0n) is 14.9. The second-order valence-electron chi connectivity index (χ2n) is 5.96. The minimum Gasteiger partial charge on any atom is -0.497 e. The molecule has 0 aromatic heterocycles. The van der Waals surface area contributed by atoms with Gasteiger partial charge >= 0.3 is 0 Å². The lowest BCUT2D eigenvalue weighted by Gasteiger charge is -2.22. The highest BCUT2D eigenvalue weighted by atomic mass is 35.5. The van der Waals surface area contributed by atoms with Crippen LogP contribution in [0.5, 0.6) is 11.5 Å². The van der Waals surface area contributed by atoms with Crippen LogP contribution in [0.4, 0.5) is 0 Å². The van der Waals surface area contributed by atoms with Gasteiger partial charge in [-0.1, -0.05) is 11.6 Å².